The van der Waals surface area contributed by atoms with E-state index in [0.29, 0.717) is 41.0 Å². The van der Waals surface area contributed by atoms with E-state index in [1.165, 1.54) is 18.3 Å². The fourth-order valence-electron chi connectivity index (χ4n) is 4.99. The monoisotopic (exact) mass is 553 g/mol. The number of rotatable bonds is 7. The number of benzene rings is 1. The number of alkyl halides is 3. The van der Waals surface area contributed by atoms with Crippen molar-refractivity contribution in [2.45, 2.75) is 50.9 Å². The van der Waals surface area contributed by atoms with Crippen molar-refractivity contribution in [3.8, 4) is 11.3 Å². The maximum atomic E-state index is 13.6. The van der Waals surface area contributed by atoms with E-state index in [4.69, 9.17) is 0 Å². The van der Waals surface area contributed by atoms with Gasteiger partial charge in [0.05, 0.1) is 21.9 Å². The van der Waals surface area contributed by atoms with Gasteiger partial charge < -0.3 is 5.32 Å². The van der Waals surface area contributed by atoms with Crippen molar-refractivity contribution in [2.24, 2.45) is 5.92 Å². The number of pyridine rings is 1. The van der Waals surface area contributed by atoms with Gasteiger partial charge in [0.2, 0.25) is 0 Å². The second-order valence-corrected chi connectivity index (χ2v) is 10.6. The third kappa shape index (κ3) is 6.72. The van der Waals surface area contributed by atoms with E-state index in [1.54, 1.807) is 30.5 Å². The van der Waals surface area contributed by atoms with Gasteiger partial charge in [-0.1, -0.05) is 24.3 Å². The second-order valence-electron chi connectivity index (χ2n) is 9.61. The fraction of sp³-hybridized carbons (Fsp3) is 0.321. The lowest BCUT2D eigenvalue weighted by atomic mass is 9.84. The summed E-state index contributed by atoms with van der Waals surface area (Å²) in [6.45, 7) is 0.429. The Hall–Kier alpha value is -3.57. The molecule has 1 saturated heterocycles. The van der Waals surface area contributed by atoms with Crippen molar-refractivity contribution in [3.63, 3.8) is 0 Å². The molecular formula is C28H26F3N5O2S. The normalized spacial score (nSPS) is 20.8. The number of nitrogens with zero attached hydrogens (tertiary/aromatic N) is 3. The molecule has 202 valence electrons. The van der Waals surface area contributed by atoms with Gasteiger partial charge in [-0.3, -0.25) is 19.9 Å². The summed E-state index contributed by atoms with van der Waals surface area (Å²) in [7, 11) is 0. The van der Waals surface area contributed by atoms with E-state index in [1.807, 2.05) is 6.07 Å². The van der Waals surface area contributed by atoms with Crippen LogP contribution in [0.4, 0.5) is 18.0 Å². The zero-order chi connectivity index (χ0) is 27.4. The molecule has 0 spiro atoms. The van der Waals surface area contributed by atoms with E-state index >= 15 is 0 Å². The Morgan fingerprint density at radius 3 is 2.54 bits per heavy atom. The van der Waals surface area contributed by atoms with Crippen molar-refractivity contribution < 1.29 is 22.8 Å². The van der Waals surface area contributed by atoms with Crippen molar-refractivity contribution >= 4 is 29.0 Å². The smallest absolute Gasteiger partial charge is 0.310 e. The highest BCUT2D eigenvalue weighted by Crippen LogP contribution is 2.37. The number of halogens is 3. The van der Waals surface area contributed by atoms with E-state index in [-0.39, 0.29) is 11.6 Å². The number of aromatic nitrogens is 3. The molecule has 1 saturated carbocycles. The van der Waals surface area contributed by atoms with Gasteiger partial charge in [0, 0.05) is 37.0 Å². The molecule has 11 heteroatoms. The maximum Gasteiger partial charge on any atom is 0.417 e. The lowest BCUT2D eigenvalue weighted by molar-refractivity contribution is -0.137. The standard InChI is InChI=1S/C28H26F3N5O2S/c29-28(30,31)22-6-2-1-5-21(22)25-18(4-3-12-33-25)16-34-19-9-7-17(8-10-19)14-24-32-13-11-20(35-24)15-23-26(37)36-27(38)39-23/h1-6,11-13,15,17,19,34H,7-10,14,16H2,(H,36,37,38)/b23-15-. The van der Waals surface area contributed by atoms with Crippen LogP contribution in [0.5, 0.6) is 0 Å². The Bertz CT molecular complexity index is 1400. The van der Waals surface area contributed by atoms with Gasteiger partial charge >= 0.3 is 6.18 Å². The third-order valence-electron chi connectivity index (χ3n) is 6.93. The predicted molar refractivity (Wildman–Crippen MR) is 142 cm³/mol. The molecule has 39 heavy (non-hydrogen) atoms. The highest BCUT2D eigenvalue weighted by molar-refractivity contribution is 8.18. The average molecular weight is 554 g/mol. The zero-order valence-corrected chi connectivity index (χ0v) is 21.7. The molecular weight excluding hydrogens is 527 g/mol. The third-order valence-corrected chi connectivity index (χ3v) is 7.74. The molecule has 0 bridgehead atoms. The number of hydrogen-bond donors (Lipinski definition) is 2. The summed E-state index contributed by atoms with van der Waals surface area (Å²) in [6, 6.07) is 11.1. The van der Waals surface area contributed by atoms with Gasteiger partial charge in [-0.2, -0.15) is 13.2 Å². The van der Waals surface area contributed by atoms with Crippen molar-refractivity contribution in [3.05, 3.63) is 82.4 Å². The van der Waals surface area contributed by atoms with Crippen LogP contribution in [0, 0.1) is 5.92 Å². The van der Waals surface area contributed by atoms with Crippen LogP contribution in [0.2, 0.25) is 0 Å². The molecule has 2 amide bonds. The first kappa shape index (κ1) is 27.0. The number of thioether (sulfide) groups is 1. The summed E-state index contributed by atoms with van der Waals surface area (Å²) < 4.78 is 40.8. The minimum absolute atomic E-state index is 0.0859. The SMILES string of the molecule is O=C1NC(=O)/C(=C/c2ccnc(CC3CCC(NCc4cccnc4-c4ccccc4C(F)(F)F)CC3)n2)S1. The van der Waals surface area contributed by atoms with Gasteiger partial charge in [0.15, 0.2) is 0 Å². The quantitative estimate of drug-likeness (QED) is 0.359. The number of imide groups is 1. The Morgan fingerprint density at radius 1 is 1.00 bits per heavy atom. The minimum Gasteiger partial charge on any atom is -0.310 e. The Morgan fingerprint density at radius 2 is 1.79 bits per heavy atom. The first-order valence-electron chi connectivity index (χ1n) is 12.7. The molecule has 2 fully saturated rings. The molecule has 2 aromatic heterocycles. The molecule has 2 N–H and O–H groups in total. The number of nitrogens with one attached hydrogen (secondary N) is 2. The summed E-state index contributed by atoms with van der Waals surface area (Å²) in [5, 5.41) is 5.36. The van der Waals surface area contributed by atoms with Gasteiger partial charge in [0.1, 0.15) is 5.82 Å². The first-order valence-corrected chi connectivity index (χ1v) is 13.5. The lowest BCUT2D eigenvalue weighted by Crippen LogP contribution is -2.33. The minimum atomic E-state index is -4.46. The van der Waals surface area contributed by atoms with Crippen LogP contribution in [0.25, 0.3) is 17.3 Å². The fourth-order valence-corrected chi connectivity index (χ4v) is 5.66. The molecule has 7 nitrogen and oxygen atoms in total. The Labute approximate surface area is 227 Å². The summed E-state index contributed by atoms with van der Waals surface area (Å²) in [4.78, 5) is 36.7. The van der Waals surface area contributed by atoms with E-state index in [0.717, 1.165) is 49.1 Å². The van der Waals surface area contributed by atoms with Crippen LogP contribution in [0.3, 0.4) is 0 Å². The van der Waals surface area contributed by atoms with Crippen molar-refractivity contribution in [1.82, 2.24) is 25.6 Å². The Kier molecular flexibility index (Phi) is 8.08. The summed E-state index contributed by atoms with van der Waals surface area (Å²) in [5.41, 5.74) is 1.06. The predicted octanol–water partition coefficient (Wildman–Crippen LogP) is 5.77. The molecule has 3 heterocycles. The highest BCUT2D eigenvalue weighted by Gasteiger charge is 2.34. The molecule has 5 rings (SSSR count). The molecule has 1 aliphatic carbocycles. The highest BCUT2D eigenvalue weighted by atomic mass is 32.2. The molecule has 0 radical (unpaired) electrons. The van der Waals surface area contributed by atoms with Crippen LogP contribution in [0.1, 0.15) is 48.3 Å². The summed E-state index contributed by atoms with van der Waals surface area (Å²) >= 11 is 0.855. The van der Waals surface area contributed by atoms with Crippen LogP contribution < -0.4 is 10.6 Å². The van der Waals surface area contributed by atoms with Crippen molar-refractivity contribution in [1.29, 1.82) is 0 Å². The largest absolute Gasteiger partial charge is 0.417 e. The zero-order valence-electron chi connectivity index (χ0n) is 20.9. The van der Waals surface area contributed by atoms with Gasteiger partial charge in [0.25, 0.3) is 11.1 Å². The molecule has 0 atom stereocenters. The van der Waals surface area contributed by atoms with E-state index < -0.39 is 22.9 Å². The number of carbonyl (C=O) groups excluding carboxylic acids is 2. The molecule has 0 unspecified atom stereocenters. The number of hydrogen-bond acceptors (Lipinski definition) is 7. The second kappa shape index (κ2) is 11.7. The van der Waals surface area contributed by atoms with Gasteiger partial charge in [-0.05, 0) is 73.2 Å². The van der Waals surface area contributed by atoms with Crippen molar-refractivity contribution in [2.75, 3.05) is 0 Å². The molecule has 1 aromatic carbocycles. The first-order chi connectivity index (χ1) is 18.8. The van der Waals surface area contributed by atoms with Gasteiger partial charge in [-0.25, -0.2) is 9.97 Å². The molecule has 1 aliphatic heterocycles. The van der Waals surface area contributed by atoms with Crippen LogP contribution in [0.15, 0.2) is 59.8 Å². The van der Waals surface area contributed by atoms with E-state index in [9.17, 15) is 22.8 Å². The number of amides is 2. The maximum absolute atomic E-state index is 13.6. The number of carbonyl (C=O) groups is 2. The summed E-state index contributed by atoms with van der Waals surface area (Å²) in [6.07, 6.45) is 4.82. The lowest BCUT2D eigenvalue weighted by Gasteiger charge is -2.29. The topological polar surface area (TPSA) is 96.9 Å². The average Bonchev–Trinajstić information content (AvgIpc) is 3.24. The molecule has 2 aliphatic rings. The Balaban J connectivity index is 1.17. The van der Waals surface area contributed by atoms with Crippen LogP contribution in [-0.4, -0.2) is 32.1 Å². The van der Waals surface area contributed by atoms with Crippen LogP contribution in [-0.2, 0) is 23.9 Å². The van der Waals surface area contributed by atoms with E-state index in [2.05, 4.69) is 25.6 Å². The van der Waals surface area contributed by atoms with Gasteiger partial charge in [-0.15, -0.1) is 0 Å². The summed E-state index contributed by atoms with van der Waals surface area (Å²) in [5.74, 6) is 0.682. The molecule has 3 aromatic rings. The van der Waals surface area contributed by atoms with Crippen LogP contribution >= 0.6 is 11.8 Å².